The van der Waals surface area contributed by atoms with Crippen LogP contribution in [-0.4, -0.2) is 25.8 Å². The van der Waals surface area contributed by atoms with Crippen molar-refractivity contribution < 1.29 is 24.9 Å². The summed E-state index contributed by atoms with van der Waals surface area (Å²) in [4.78, 5) is 33.0. The number of phenolic OH excluding ortho intramolecular Hbond substituents is 2. The number of nitro benzene ring substituents is 2. The third-order valence-electron chi connectivity index (χ3n) is 4.32. The molecular formula is C19H14N2O7. The normalized spacial score (nSPS) is 16.6. The van der Waals surface area contributed by atoms with Gasteiger partial charge >= 0.3 is 11.4 Å². The summed E-state index contributed by atoms with van der Waals surface area (Å²) in [6, 6.07) is 7.68. The van der Waals surface area contributed by atoms with Crippen LogP contribution in [0.25, 0.3) is 12.2 Å². The number of Topliss-reactive ketones (excluding diaryl/α,β-unsaturated/α-hetero) is 1. The molecule has 2 aromatic rings. The van der Waals surface area contributed by atoms with E-state index in [1.54, 1.807) is 0 Å². The zero-order valence-corrected chi connectivity index (χ0v) is 14.4. The maximum absolute atomic E-state index is 12.6. The molecule has 3 rings (SSSR count). The third kappa shape index (κ3) is 3.73. The highest BCUT2D eigenvalue weighted by atomic mass is 16.6. The fraction of sp³-hybridized carbons (Fsp3) is 0.105. The molecule has 1 fully saturated rings. The molecule has 0 unspecified atom stereocenters. The molecule has 1 aliphatic carbocycles. The molecule has 0 radical (unpaired) electrons. The van der Waals surface area contributed by atoms with Gasteiger partial charge in [0, 0.05) is 23.3 Å². The molecule has 0 heterocycles. The summed E-state index contributed by atoms with van der Waals surface area (Å²) in [5, 5.41) is 40.8. The molecule has 28 heavy (non-hydrogen) atoms. The Hall–Kier alpha value is -4.01. The molecule has 142 valence electrons. The van der Waals surface area contributed by atoms with Crippen molar-refractivity contribution in [3.05, 3.63) is 78.9 Å². The fourth-order valence-electron chi connectivity index (χ4n) is 2.93. The number of aromatic hydroxyl groups is 2. The molecule has 0 atom stereocenters. The van der Waals surface area contributed by atoms with Gasteiger partial charge in [-0.25, -0.2) is 0 Å². The molecule has 1 saturated carbocycles. The van der Waals surface area contributed by atoms with E-state index in [2.05, 4.69) is 0 Å². The zero-order valence-electron chi connectivity index (χ0n) is 14.4. The highest BCUT2D eigenvalue weighted by Crippen LogP contribution is 2.33. The molecule has 0 aliphatic heterocycles. The second-order valence-corrected chi connectivity index (χ2v) is 6.18. The van der Waals surface area contributed by atoms with Crippen molar-refractivity contribution in [2.45, 2.75) is 12.8 Å². The van der Waals surface area contributed by atoms with Crippen LogP contribution in [0.4, 0.5) is 11.4 Å². The minimum absolute atomic E-state index is 0.258. The van der Waals surface area contributed by atoms with Gasteiger partial charge in [-0.1, -0.05) is 12.1 Å². The Morgan fingerprint density at radius 2 is 1.18 bits per heavy atom. The Morgan fingerprint density at radius 3 is 1.54 bits per heavy atom. The largest absolute Gasteiger partial charge is 0.502 e. The van der Waals surface area contributed by atoms with E-state index in [-0.39, 0.29) is 5.78 Å². The predicted molar refractivity (Wildman–Crippen MR) is 99.7 cm³/mol. The molecule has 9 heteroatoms. The Bertz CT molecular complexity index is 986. The molecule has 0 spiro atoms. The number of carbonyl (C=O) groups excluding carboxylic acids is 1. The first-order valence-electron chi connectivity index (χ1n) is 8.17. The molecular weight excluding hydrogens is 368 g/mol. The molecule has 9 nitrogen and oxygen atoms in total. The number of allylic oxidation sites excluding steroid dienone is 2. The highest BCUT2D eigenvalue weighted by Gasteiger charge is 2.24. The lowest BCUT2D eigenvalue weighted by Gasteiger charge is -2.00. The Labute approximate surface area is 158 Å². The standard InChI is InChI=1S/C19H14N2O7/c22-17-5-1-11(9-15(17)20(25)26)7-13-3-4-14(19(13)24)8-12-2-6-18(23)16(10-12)21(27)28/h1-2,5-10,22-23H,3-4H2/b13-7+,14-8+. The zero-order chi connectivity index (χ0) is 20.4. The maximum Gasteiger partial charge on any atom is 0.311 e. The van der Waals surface area contributed by atoms with Gasteiger partial charge in [-0.2, -0.15) is 0 Å². The van der Waals surface area contributed by atoms with Crippen LogP contribution in [0, 0.1) is 20.2 Å². The van der Waals surface area contributed by atoms with Crippen molar-refractivity contribution in [2.24, 2.45) is 0 Å². The van der Waals surface area contributed by atoms with E-state index in [9.17, 15) is 35.2 Å². The van der Waals surface area contributed by atoms with Crippen LogP contribution < -0.4 is 0 Å². The highest BCUT2D eigenvalue weighted by molar-refractivity contribution is 6.15. The number of nitro groups is 2. The van der Waals surface area contributed by atoms with Gasteiger partial charge in [0.2, 0.25) is 0 Å². The van der Waals surface area contributed by atoms with Crippen LogP contribution in [0.3, 0.4) is 0 Å². The quantitative estimate of drug-likeness (QED) is 0.465. The minimum Gasteiger partial charge on any atom is -0.502 e. The first kappa shape index (κ1) is 18.8. The molecule has 0 aromatic heterocycles. The predicted octanol–water partition coefficient (Wildman–Crippen LogP) is 3.74. The Balaban J connectivity index is 1.89. The van der Waals surface area contributed by atoms with Gasteiger partial charge < -0.3 is 10.2 Å². The summed E-state index contributed by atoms with van der Waals surface area (Å²) < 4.78 is 0. The van der Waals surface area contributed by atoms with Crippen molar-refractivity contribution >= 4 is 29.3 Å². The minimum atomic E-state index is -0.711. The lowest BCUT2D eigenvalue weighted by molar-refractivity contribution is -0.386. The monoisotopic (exact) mass is 382 g/mol. The average molecular weight is 382 g/mol. The average Bonchev–Trinajstić information content (AvgIpc) is 2.97. The number of benzene rings is 2. The topological polar surface area (TPSA) is 144 Å². The van der Waals surface area contributed by atoms with E-state index >= 15 is 0 Å². The fourth-order valence-corrected chi connectivity index (χ4v) is 2.93. The van der Waals surface area contributed by atoms with Crippen molar-refractivity contribution in [1.29, 1.82) is 0 Å². The Kier molecular flexibility index (Phi) is 4.90. The van der Waals surface area contributed by atoms with Crippen LogP contribution in [0.1, 0.15) is 24.0 Å². The van der Waals surface area contributed by atoms with Crippen molar-refractivity contribution in [3.8, 4) is 11.5 Å². The van der Waals surface area contributed by atoms with Gasteiger partial charge in [-0.15, -0.1) is 0 Å². The van der Waals surface area contributed by atoms with Gasteiger partial charge in [0.05, 0.1) is 9.85 Å². The summed E-state index contributed by atoms with van der Waals surface area (Å²) >= 11 is 0. The SMILES string of the molecule is O=C1/C(=C/c2ccc(O)c([N+](=O)[O-])c2)CC/C1=C\c1ccc(O)c([N+](=O)[O-])c1. The first-order chi connectivity index (χ1) is 13.3. The van der Waals surface area contributed by atoms with E-state index in [4.69, 9.17) is 0 Å². The second-order valence-electron chi connectivity index (χ2n) is 6.18. The maximum atomic E-state index is 12.6. The van der Waals surface area contributed by atoms with Crippen LogP contribution in [0.15, 0.2) is 47.5 Å². The van der Waals surface area contributed by atoms with E-state index in [1.165, 1.54) is 48.6 Å². The number of hydrogen-bond donors (Lipinski definition) is 2. The number of nitrogens with zero attached hydrogens (tertiary/aromatic N) is 2. The molecule has 0 saturated heterocycles. The summed E-state index contributed by atoms with van der Waals surface area (Å²) in [5.74, 6) is -1.18. The summed E-state index contributed by atoms with van der Waals surface area (Å²) in [6.07, 6.45) is 3.88. The van der Waals surface area contributed by atoms with Gasteiger partial charge in [0.15, 0.2) is 17.3 Å². The summed E-state index contributed by atoms with van der Waals surface area (Å²) in [5.41, 5.74) is 0.807. The van der Waals surface area contributed by atoms with E-state index in [0.717, 1.165) is 0 Å². The lowest BCUT2D eigenvalue weighted by atomic mass is 10.1. The molecule has 2 aromatic carbocycles. The number of hydrogen-bond acceptors (Lipinski definition) is 7. The van der Waals surface area contributed by atoms with E-state index in [0.29, 0.717) is 35.1 Å². The molecule has 0 amide bonds. The van der Waals surface area contributed by atoms with Crippen LogP contribution in [-0.2, 0) is 4.79 Å². The van der Waals surface area contributed by atoms with Gasteiger partial charge in [-0.3, -0.25) is 25.0 Å². The van der Waals surface area contributed by atoms with Crippen molar-refractivity contribution in [2.75, 3.05) is 0 Å². The van der Waals surface area contributed by atoms with Crippen LogP contribution >= 0.6 is 0 Å². The van der Waals surface area contributed by atoms with Gasteiger partial charge in [-0.05, 0) is 48.3 Å². The summed E-state index contributed by atoms with van der Waals surface area (Å²) in [7, 11) is 0. The third-order valence-corrected chi connectivity index (χ3v) is 4.32. The van der Waals surface area contributed by atoms with Crippen LogP contribution in [0.5, 0.6) is 11.5 Å². The number of phenols is 2. The molecule has 2 N–H and O–H groups in total. The molecule has 0 bridgehead atoms. The van der Waals surface area contributed by atoms with Crippen LogP contribution in [0.2, 0.25) is 0 Å². The van der Waals surface area contributed by atoms with Gasteiger partial charge in [0.1, 0.15) is 0 Å². The Morgan fingerprint density at radius 1 is 0.786 bits per heavy atom. The summed E-state index contributed by atoms with van der Waals surface area (Å²) in [6.45, 7) is 0. The van der Waals surface area contributed by atoms with Crippen molar-refractivity contribution in [3.63, 3.8) is 0 Å². The lowest BCUT2D eigenvalue weighted by Crippen LogP contribution is -1.96. The smallest absolute Gasteiger partial charge is 0.311 e. The van der Waals surface area contributed by atoms with E-state index < -0.39 is 32.7 Å². The van der Waals surface area contributed by atoms with Gasteiger partial charge in [0.25, 0.3) is 0 Å². The number of carbonyl (C=O) groups is 1. The van der Waals surface area contributed by atoms with Crippen molar-refractivity contribution in [1.82, 2.24) is 0 Å². The first-order valence-corrected chi connectivity index (χ1v) is 8.17. The number of rotatable bonds is 4. The molecule has 1 aliphatic rings. The number of ketones is 1. The van der Waals surface area contributed by atoms with E-state index in [1.807, 2.05) is 0 Å². The second kappa shape index (κ2) is 7.31.